The van der Waals surface area contributed by atoms with E-state index in [9.17, 15) is 0 Å². The van der Waals surface area contributed by atoms with Gasteiger partial charge in [-0.2, -0.15) is 0 Å². The van der Waals surface area contributed by atoms with Crippen molar-refractivity contribution < 1.29 is 9.47 Å². The molecule has 1 aromatic heterocycles. The number of likely N-dealkylation sites (tertiary alicyclic amines) is 1. The highest BCUT2D eigenvalue weighted by Gasteiger charge is 2.43. The van der Waals surface area contributed by atoms with Crippen LogP contribution in [0.2, 0.25) is 0 Å². The average molecular weight is 293 g/mol. The van der Waals surface area contributed by atoms with Crippen molar-refractivity contribution >= 4 is 11.3 Å². The number of thiophene rings is 1. The zero-order valence-electron chi connectivity index (χ0n) is 11.9. The fraction of sp³-hybridized carbons (Fsp3) is 0.625. The highest BCUT2D eigenvalue weighted by molar-refractivity contribution is 7.09. The Morgan fingerprint density at radius 2 is 2.55 bits per heavy atom. The molecule has 110 valence electrons. The van der Waals surface area contributed by atoms with Gasteiger partial charge in [-0.25, -0.2) is 0 Å². The van der Waals surface area contributed by atoms with E-state index in [1.54, 1.807) is 0 Å². The van der Waals surface area contributed by atoms with E-state index in [4.69, 9.17) is 9.47 Å². The molecule has 0 saturated carbocycles. The normalized spacial score (nSPS) is 30.9. The van der Waals surface area contributed by atoms with Gasteiger partial charge < -0.3 is 9.47 Å². The van der Waals surface area contributed by atoms with Crippen LogP contribution < -0.4 is 0 Å². The van der Waals surface area contributed by atoms with Crippen LogP contribution in [0.15, 0.2) is 30.2 Å². The molecular weight excluding hydrogens is 270 g/mol. The van der Waals surface area contributed by atoms with E-state index in [0.29, 0.717) is 6.61 Å². The maximum atomic E-state index is 6.14. The second-order valence-corrected chi connectivity index (χ2v) is 6.87. The van der Waals surface area contributed by atoms with Gasteiger partial charge in [-0.05, 0) is 30.8 Å². The van der Waals surface area contributed by atoms with E-state index in [1.807, 2.05) is 17.4 Å². The van der Waals surface area contributed by atoms with Crippen molar-refractivity contribution in [3.8, 4) is 0 Å². The first kappa shape index (κ1) is 14.3. The Labute approximate surface area is 125 Å². The van der Waals surface area contributed by atoms with Crippen LogP contribution in [-0.4, -0.2) is 42.9 Å². The third-order valence-corrected chi connectivity index (χ3v) is 5.06. The number of ether oxygens (including phenoxy) is 2. The molecule has 0 N–H and O–H groups in total. The summed E-state index contributed by atoms with van der Waals surface area (Å²) in [5, 5.41) is 2.15. The maximum absolute atomic E-state index is 6.14. The summed E-state index contributed by atoms with van der Waals surface area (Å²) < 4.78 is 11.9. The molecule has 3 heterocycles. The monoisotopic (exact) mass is 293 g/mol. The van der Waals surface area contributed by atoms with E-state index in [2.05, 4.69) is 29.0 Å². The Kier molecular flexibility index (Phi) is 4.56. The second-order valence-electron chi connectivity index (χ2n) is 5.84. The van der Waals surface area contributed by atoms with E-state index in [0.717, 1.165) is 26.1 Å². The van der Waals surface area contributed by atoms with Gasteiger partial charge in [0.05, 0.1) is 24.9 Å². The Morgan fingerprint density at radius 3 is 3.35 bits per heavy atom. The molecule has 2 aliphatic rings. The molecule has 0 unspecified atom stereocenters. The summed E-state index contributed by atoms with van der Waals surface area (Å²) in [6.07, 6.45) is 5.48. The molecule has 0 amide bonds. The fourth-order valence-corrected chi connectivity index (χ4v) is 4.09. The van der Waals surface area contributed by atoms with Crippen LogP contribution in [0, 0.1) is 0 Å². The highest BCUT2D eigenvalue weighted by atomic mass is 32.1. The van der Waals surface area contributed by atoms with Crippen LogP contribution in [0.1, 0.15) is 24.1 Å². The number of hydrogen-bond donors (Lipinski definition) is 0. The zero-order valence-corrected chi connectivity index (χ0v) is 12.7. The maximum Gasteiger partial charge on any atom is 0.0841 e. The smallest absolute Gasteiger partial charge is 0.0841 e. The summed E-state index contributed by atoms with van der Waals surface area (Å²) >= 11 is 1.84. The molecule has 0 aromatic carbocycles. The van der Waals surface area contributed by atoms with E-state index in [-0.39, 0.29) is 11.7 Å². The highest BCUT2D eigenvalue weighted by Crippen LogP contribution is 2.36. The zero-order chi connectivity index (χ0) is 13.8. The van der Waals surface area contributed by atoms with Crippen molar-refractivity contribution in [2.75, 3.05) is 26.3 Å². The van der Waals surface area contributed by atoms with Gasteiger partial charge >= 0.3 is 0 Å². The lowest BCUT2D eigenvalue weighted by Crippen LogP contribution is -2.47. The van der Waals surface area contributed by atoms with Crippen LogP contribution in [0.3, 0.4) is 0 Å². The fourth-order valence-electron chi connectivity index (χ4n) is 3.35. The molecule has 0 radical (unpaired) electrons. The largest absolute Gasteiger partial charge is 0.372 e. The van der Waals surface area contributed by atoms with Crippen molar-refractivity contribution in [2.24, 2.45) is 0 Å². The predicted molar refractivity (Wildman–Crippen MR) is 82.1 cm³/mol. The molecule has 2 atom stereocenters. The predicted octanol–water partition coefficient (Wildman–Crippen LogP) is 3.07. The van der Waals surface area contributed by atoms with Crippen molar-refractivity contribution in [2.45, 2.75) is 37.5 Å². The molecule has 3 rings (SSSR count). The Hall–Kier alpha value is -0.680. The first-order chi connectivity index (χ1) is 9.80. The molecule has 2 fully saturated rings. The SMILES string of the molecule is C=CCO[C@H]1CO[C@]2(CCCN(Cc3cccs3)C2)C1. The molecule has 1 aromatic rings. The lowest BCUT2D eigenvalue weighted by atomic mass is 9.89. The summed E-state index contributed by atoms with van der Waals surface area (Å²) in [5.74, 6) is 0. The van der Waals surface area contributed by atoms with E-state index < -0.39 is 0 Å². The van der Waals surface area contributed by atoms with Crippen LogP contribution in [0.5, 0.6) is 0 Å². The topological polar surface area (TPSA) is 21.7 Å². The van der Waals surface area contributed by atoms with Gasteiger partial charge in [0.25, 0.3) is 0 Å². The molecule has 3 nitrogen and oxygen atoms in total. The van der Waals surface area contributed by atoms with Gasteiger partial charge in [-0.1, -0.05) is 12.1 Å². The van der Waals surface area contributed by atoms with Gasteiger partial charge in [0, 0.05) is 24.4 Å². The summed E-state index contributed by atoms with van der Waals surface area (Å²) in [6.45, 7) is 8.35. The minimum atomic E-state index is 0.0291. The average Bonchev–Trinajstić information content (AvgIpc) is 3.07. The Bertz CT molecular complexity index is 434. The van der Waals surface area contributed by atoms with Crippen molar-refractivity contribution in [3.63, 3.8) is 0 Å². The van der Waals surface area contributed by atoms with E-state index >= 15 is 0 Å². The van der Waals surface area contributed by atoms with Crippen molar-refractivity contribution in [1.29, 1.82) is 0 Å². The summed E-state index contributed by atoms with van der Waals surface area (Å²) in [5.41, 5.74) is 0.0291. The second kappa shape index (κ2) is 6.39. The molecule has 1 spiro atoms. The standard InChI is InChI=1S/C16H23NO2S/c1-2-8-18-14-10-16(19-12-14)6-4-7-17(13-16)11-15-5-3-9-20-15/h2-3,5,9,14H,1,4,6-8,10-13H2/t14-,16-/m1/s1. The Morgan fingerprint density at radius 1 is 1.60 bits per heavy atom. The molecule has 20 heavy (non-hydrogen) atoms. The lowest BCUT2D eigenvalue weighted by Gasteiger charge is -2.39. The van der Waals surface area contributed by atoms with Gasteiger partial charge in [0.2, 0.25) is 0 Å². The van der Waals surface area contributed by atoms with Gasteiger partial charge in [0.15, 0.2) is 0 Å². The summed E-state index contributed by atoms with van der Waals surface area (Å²) in [4.78, 5) is 3.98. The first-order valence-electron chi connectivity index (χ1n) is 7.41. The molecular formula is C16H23NO2S. The van der Waals surface area contributed by atoms with Crippen LogP contribution in [-0.2, 0) is 16.0 Å². The minimum Gasteiger partial charge on any atom is -0.372 e. The lowest BCUT2D eigenvalue weighted by molar-refractivity contribution is -0.0542. The van der Waals surface area contributed by atoms with Crippen molar-refractivity contribution in [3.05, 3.63) is 35.0 Å². The minimum absolute atomic E-state index is 0.0291. The van der Waals surface area contributed by atoms with Gasteiger partial charge in [-0.3, -0.25) is 4.90 Å². The molecule has 2 aliphatic heterocycles. The quantitative estimate of drug-likeness (QED) is 0.779. The van der Waals surface area contributed by atoms with Crippen LogP contribution in [0.25, 0.3) is 0 Å². The Balaban J connectivity index is 1.56. The number of nitrogens with zero attached hydrogens (tertiary/aromatic N) is 1. The van der Waals surface area contributed by atoms with Crippen LogP contribution in [0.4, 0.5) is 0 Å². The molecule has 0 aliphatic carbocycles. The number of hydrogen-bond acceptors (Lipinski definition) is 4. The summed E-state index contributed by atoms with van der Waals surface area (Å²) in [6, 6.07) is 4.35. The van der Waals surface area contributed by atoms with Crippen molar-refractivity contribution in [1.82, 2.24) is 4.90 Å². The van der Waals surface area contributed by atoms with Gasteiger partial charge in [0.1, 0.15) is 0 Å². The van der Waals surface area contributed by atoms with Crippen LogP contribution >= 0.6 is 11.3 Å². The molecule has 2 saturated heterocycles. The third-order valence-electron chi connectivity index (χ3n) is 4.20. The molecule has 4 heteroatoms. The van der Waals surface area contributed by atoms with E-state index in [1.165, 1.54) is 24.3 Å². The third kappa shape index (κ3) is 3.31. The molecule has 0 bridgehead atoms. The van der Waals surface area contributed by atoms with Gasteiger partial charge in [-0.15, -0.1) is 17.9 Å². The first-order valence-corrected chi connectivity index (χ1v) is 8.29. The number of rotatable bonds is 5. The number of piperidine rings is 1. The summed E-state index contributed by atoms with van der Waals surface area (Å²) in [7, 11) is 0.